The van der Waals surface area contributed by atoms with Crippen LogP contribution in [0, 0.1) is 53.3 Å². The number of carboxylic acids is 1. The highest BCUT2D eigenvalue weighted by molar-refractivity contribution is 7.92. The van der Waals surface area contributed by atoms with Gasteiger partial charge in [0.05, 0.1) is 36.9 Å². The molecule has 5 N–H and O–H groups in total. The Morgan fingerprint density at radius 1 is 0.843 bits per heavy atom. The smallest absolute Gasteiger partial charge is 0.303 e. The number of fused-ring (bicyclic) bond motifs is 5. The Morgan fingerprint density at radius 3 is 2.29 bits per heavy atom. The van der Waals surface area contributed by atoms with E-state index in [1.54, 1.807) is 18.2 Å². The number of aliphatic hydroxyl groups is 2. The predicted molar refractivity (Wildman–Crippen MR) is 271 cm³/mol. The number of hydrogen-bond acceptors (Lipinski definition) is 10. The summed E-state index contributed by atoms with van der Waals surface area (Å²) in [5.74, 6) is 1.98. The summed E-state index contributed by atoms with van der Waals surface area (Å²) >= 11 is 0. The highest BCUT2D eigenvalue weighted by Gasteiger charge is 2.65. The molecule has 4 aromatic carbocycles. The van der Waals surface area contributed by atoms with Crippen molar-refractivity contribution < 1.29 is 47.5 Å². The molecule has 13 nitrogen and oxygen atoms in total. The minimum absolute atomic E-state index is 0.00106. The van der Waals surface area contributed by atoms with Gasteiger partial charge in [-0.1, -0.05) is 75.4 Å². The first-order valence-corrected chi connectivity index (χ1v) is 27.1. The third-order valence-corrected chi connectivity index (χ3v) is 17.5. The minimum atomic E-state index is -3.45. The summed E-state index contributed by atoms with van der Waals surface area (Å²) in [5.41, 5.74) is 4.14. The maximum Gasteiger partial charge on any atom is 0.303 e. The number of benzene rings is 4. The largest absolute Gasteiger partial charge is 0.484 e. The number of carbonyl (C=O) groups is 2. The van der Waals surface area contributed by atoms with E-state index in [0.717, 1.165) is 67.2 Å². The molecule has 4 saturated carbocycles. The fourth-order valence-corrected chi connectivity index (χ4v) is 14.0. The van der Waals surface area contributed by atoms with Crippen molar-refractivity contribution in [3.05, 3.63) is 114 Å². The van der Waals surface area contributed by atoms with Gasteiger partial charge in [-0.3, -0.25) is 14.3 Å². The first kappa shape index (κ1) is 51.2. The van der Waals surface area contributed by atoms with Crippen molar-refractivity contribution in [3.63, 3.8) is 0 Å². The van der Waals surface area contributed by atoms with Crippen LogP contribution in [0.3, 0.4) is 0 Å². The monoisotopic (exact) mass is 980 g/mol. The average Bonchev–Trinajstić information content (AvgIpc) is 3.69. The van der Waals surface area contributed by atoms with Gasteiger partial charge >= 0.3 is 5.97 Å². The highest BCUT2D eigenvalue weighted by atomic mass is 32.2. The second-order valence-electron chi connectivity index (χ2n) is 21.3. The van der Waals surface area contributed by atoms with Crippen molar-refractivity contribution in [1.29, 1.82) is 0 Å². The van der Waals surface area contributed by atoms with E-state index < -0.39 is 28.2 Å². The Hall–Kier alpha value is -5.15. The number of carbonyl (C=O) groups excluding carboxylic acids is 1. The Balaban J connectivity index is 0.785. The molecule has 0 saturated heterocycles. The minimum Gasteiger partial charge on any atom is -0.484 e. The lowest BCUT2D eigenvalue weighted by atomic mass is 9.43. The summed E-state index contributed by atoms with van der Waals surface area (Å²) in [6, 6.07) is 30.8. The SMILES string of the molecule is Cc1c(NS(C)(=O)=O)cccc1N(Cc1ccccc1)Cc1ccc(Oc2cccc(OCC(=O)NCCO[C@H]3CC[C@@]4(C)[C@@H](C3)C[C@@H](O)[C@@H]3[C@@H]4C[C@H](O)[C@]4(C)[C@@H]([C@H](C)CCC(=O)O)CC[C@@H]34)c2)cc1. The molecule has 0 aliphatic heterocycles. The van der Waals surface area contributed by atoms with E-state index in [1.165, 1.54) is 0 Å². The summed E-state index contributed by atoms with van der Waals surface area (Å²) in [5, 5.41) is 36.0. The molecule has 4 aliphatic rings. The van der Waals surface area contributed by atoms with E-state index in [4.69, 9.17) is 14.2 Å². The molecule has 4 aliphatic carbocycles. The van der Waals surface area contributed by atoms with Crippen LogP contribution in [-0.4, -0.2) is 79.9 Å². The number of anilines is 2. The molecule has 4 fully saturated rings. The fourth-order valence-electron chi connectivity index (χ4n) is 13.4. The lowest BCUT2D eigenvalue weighted by Gasteiger charge is -2.63. The van der Waals surface area contributed by atoms with Crippen LogP contribution in [-0.2, 0) is 37.4 Å². The van der Waals surface area contributed by atoms with Crippen molar-refractivity contribution >= 4 is 33.3 Å². The van der Waals surface area contributed by atoms with E-state index in [1.807, 2.05) is 73.7 Å². The zero-order valence-corrected chi connectivity index (χ0v) is 42.2. The Bertz CT molecular complexity index is 2540. The molecular weight excluding hydrogens is 907 g/mol. The number of rotatable bonds is 20. The lowest BCUT2D eigenvalue weighted by molar-refractivity contribution is -0.209. The number of carboxylic acid groups (broad SMARTS) is 1. The second-order valence-corrected chi connectivity index (χ2v) is 23.0. The summed E-state index contributed by atoms with van der Waals surface area (Å²) < 4.78 is 45.2. The van der Waals surface area contributed by atoms with E-state index >= 15 is 0 Å². The quantitative estimate of drug-likeness (QED) is 0.0532. The zero-order chi connectivity index (χ0) is 49.8. The van der Waals surface area contributed by atoms with Crippen LogP contribution < -0.4 is 24.4 Å². The van der Waals surface area contributed by atoms with Crippen LogP contribution in [0.1, 0.15) is 95.2 Å². The van der Waals surface area contributed by atoms with Crippen molar-refractivity contribution in [2.24, 2.45) is 46.3 Å². The third-order valence-electron chi connectivity index (χ3n) is 17.0. The maximum absolute atomic E-state index is 12.9. The van der Waals surface area contributed by atoms with Crippen molar-refractivity contribution in [1.82, 2.24) is 5.32 Å². The topological polar surface area (TPSA) is 184 Å². The number of aliphatic hydroxyl groups excluding tert-OH is 2. The van der Waals surface area contributed by atoms with Crippen LogP contribution in [0.5, 0.6) is 17.2 Å². The van der Waals surface area contributed by atoms with Gasteiger partial charge in [-0.15, -0.1) is 0 Å². The summed E-state index contributed by atoms with van der Waals surface area (Å²) in [6.45, 7) is 10.4. The van der Waals surface area contributed by atoms with E-state index in [2.05, 4.69) is 47.8 Å². The van der Waals surface area contributed by atoms with Gasteiger partial charge in [0.2, 0.25) is 10.0 Å². The molecule has 8 rings (SSSR count). The molecule has 0 spiro atoms. The normalized spacial score (nSPS) is 28.6. The van der Waals surface area contributed by atoms with Gasteiger partial charge in [-0.25, -0.2) is 8.42 Å². The molecule has 0 unspecified atom stereocenters. The fraction of sp³-hybridized carbons (Fsp3) is 0.536. The summed E-state index contributed by atoms with van der Waals surface area (Å²) in [4.78, 5) is 26.4. The second kappa shape index (κ2) is 21.7. The number of amides is 1. The molecule has 0 aromatic heterocycles. The van der Waals surface area contributed by atoms with Gasteiger partial charge in [0.25, 0.3) is 5.91 Å². The van der Waals surface area contributed by atoms with Gasteiger partial charge < -0.3 is 39.7 Å². The van der Waals surface area contributed by atoms with Gasteiger partial charge in [0.1, 0.15) is 17.2 Å². The Morgan fingerprint density at radius 2 is 1.56 bits per heavy atom. The van der Waals surface area contributed by atoms with Crippen LogP contribution in [0.2, 0.25) is 0 Å². The highest BCUT2D eigenvalue weighted by Crippen LogP contribution is 2.68. The summed E-state index contributed by atoms with van der Waals surface area (Å²) in [6.07, 6.45) is 7.11. The first-order valence-electron chi connectivity index (χ1n) is 25.2. The number of hydrogen-bond donors (Lipinski definition) is 5. The molecule has 0 radical (unpaired) electrons. The molecular formula is C56H73N3O10S. The first-order chi connectivity index (χ1) is 33.4. The molecule has 70 heavy (non-hydrogen) atoms. The van der Waals surface area contributed by atoms with Crippen LogP contribution in [0.15, 0.2) is 97.1 Å². The number of nitrogens with one attached hydrogen (secondary N) is 2. The molecule has 0 bridgehead atoms. The van der Waals surface area contributed by atoms with Gasteiger partial charge in [-0.2, -0.15) is 0 Å². The number of nitrogens with zero attached hydrogens (tertiary/aromatic N) is 1. The maximum atomic E-state index is 12.9. The van der Waals surface area contributed by atoms with Gasteiger partial charge in [0, 0.05) is 37.8 Å². The molecule has 11 atom stereocenters. The van der Waals surface area contributed by atoms with E-state index in [-0.39, 0.29) is 71.4 Å². The van der Waals surface area contributed by atoms with Gasteiger partial charge in [-0.05, 0) is 158 Å². The standard InChI is InChI=1S/C56H73N3O10S/c1-36(17-24-53(63)64)45-22-23-46-54-47(32-51(61)56(45,46)4)55(3)26-25-43(29-40(55)30-50(54)60)67-28-27-57-52(62)35-68-42-13-9-14-44(31-42)69-41-20-18-39(19-21-41)34-59(33-38-11-7-6-8-12-38)49-16-10-15-48(37(49)2)58-70(5,65)66/h6-16,18-21,31,36,40,43,45-47,50-51,54,58,60-61H,17,22-30,32-35H2,1-5H3,(H,57,62)(H,63,64)/t36-,40+,43+,45-,46+,47+,50-,51+,54+,55+,56-/m1/s1. The predicted octanol–water partition coefficient (Wildman–Crippen LogP) is 9.35. The Labute approximate surface area is 414 Å². The third kappa shape index (κ3) is 11.6. The zero-order valence-electron chi connectivity index (χ0n) is 41.4. The van der Waals surface area contributed by atoms with Crippen molar-refractivity contribution in [2.75, 3.05) is 35.6 Å². The molecule has 0 heterocycles. The molecule has 1 amide bonds. The number of aliphatic carboxylic acids is 1. The van der Waals surface area contributed by atoms with Crippen LogP contribution in [0.4, 0.5) is 11.4 Å². The van der Waals surface area contributed by atoms with Crippen molar-refractivity contribution in [2.45, 2.75) is 117 Å². The Kier molecular flexibility index (Phi) is 15.9. The van der Waals surface area contributed by atoms with E-state index in [0.29, 0.717) is 62.0 Å². The van der Waals surface area contributed by atoms with Gasteiger partial charge in [0.15, 0.2) is 6.61 Å². The lowest BCUT2D eigenvalue weighted by Crippen LogP contribution is -2.62. The van der Waals surface area contributed by atoms with Crippen LogP contribution >= 0.6 is 0 Å². The van der Waals surface area contributed by atoms with E-state index in [9.17, 15) is 33.3 Å². The molecule has 378 valence electrons. The number of sulfonamides is 1. The molecule has 4 aromatic rings. The summed E-state index contributed by atoms with van der Waals surface area (Å²) in [7, 11) is -3.45. The average molecular weight is 980 g/mol. The molecule has 14 heteroatoms. The van der Waals surface area contributed by atoms with Crippen LogP contribution in [0.25, 0.3) is 0 Å². The number of ether oxygens (including phenoxy) is 3. The van der Waals surface area contributed by atoms with Crippen molar-refractivity contribution in [3.8, 4) is 17.2 Å².